The molecule has 0 heterocycles. The van der Waals surface area contributed by atoms with Crippen molar-refractivity contribution in [1.82, 2.24) is 14.2 Å². The summed E-state index contributed by atoms with van der Waals surface area (Å²) in [6.07, 6.45) is 1.44. The minimum atomic E-state index is -4.97. The zero-order valence-electron chi connectivity index (χ0n) is 18.7. The molecule has 0 aromatic carbocycles. The minimum absolute atomic E-state index is 0.172. The normalized spacial score (nSPS) is 12.5. The number of nitrogens with one attached hydrogen (secondary N) is 3. The largest absolute Gasteiger partial charge is 0.312 e. The maximum Gasteiger partial charge on any atom is 0.312 e. The highest BCUT2D eigenvalue weighted by atomic mass is 32.3. The Morgan fingerprint density at radius 3 is 1.06 bits per heavy atom. The van der Waals surface area contributed by atoms with Crippen LogP contribution in [0.5, 0.6) is 0 Å². The molecule has 15 heteroatoms. The van der Waals surface area contributed by atoms with Gasteiger partial charge in [-0.1, -0.05) is 6.92 Å². The highest BCUT2D eigenvalue weighted by Crippen LogP contribution is 2.33. The maximum absolute atomic E-state index is 13.2. The number of nitrogens with zero attached hydrogens (tertiary/aromatic N) is 3. The SMILES string of the molecule is CCC(S(=O)(=O)NCCCCC#N)(S(=O)(=O)NCCCCC#N)S(=O)(=O)NCCCCC#N. The second-order valence-electron chi connectivity index (χ2n) is 7.08. The van der Waals surface area contributed by atoms with Gasteiger partial charge in [0, 0.05) is 38.9 Å². The molecule has 0 aliphatic rings. The molecule has 0 aromatic heterocycles. The van der Waals surface area contributed by atoms with Gasteiger partial charge >= 0.3 is 3.41 Å². The quantitative estimate of drug-likeness (QED) is 0.204. The van der Waals surface area contributed by atoms with E-state index in [1.807, 2.05) is 18.2 Å². The van der Waals surface area contributed by atoms with Crippen LogP contribution in [0.25, 0.3) is 0 Å². The number of sulfonamides is 3. The van der Waals surface area contributed by atoms with Crippen LogP contribution in [0.3, 0.4) is 0 Å². The number of hydrogen-bond acceptors (Lipinski definition) is 9. The lowest BCUT2D eigenvalue weighted by Crippen LogP contribution is -2.63. The van der Waals surface area contributed by atoms with Gasteiger partial charge in [-0.05, 0) is 44.9 Å². The zero-order chi connectivity index (χ0) is 25.4. The molecule has 0 atom stereocenters. The average molecular weight is 525 g/mol. The standard InChI is InChI=1S/C18H32N6O6S3/c1-2-18(31(25,26)22-15-9-3-6-12-19,32(27,28)23-16-10-4-7-13-20)33(29,30)24-17-11-5-8-14-21/h22-24H,2-11,15-17H2,1H3. The van der Waals surface area contributed by atoms with Gasteiger partial charge in [-0.25, -0.2) is 39.4 Å². The number of unbranched alkanes of at least 4 members (excludes halogenated alkanes) is 6. The molecule has 33 heavy (non-hydrogen) atoms. The lowest BCUT2D eigenvalue weighted by atomic mass is 10.2. The van der Waals surface area contributed by atoms with Crippen molar-refractivity contribution in [3.63, 3.8) is 0 Å². The van der Waals surface area contributed by atoms with E-state index < -0.39 is 39.9 Å². The summed E-state index contributed by atoms with van der Waals surface area (Å²) in [5.41, 5.74) is 0. The fourth-order valence-corrected chi connectivity index (χ4v) is 10.5. The molecule has 0 aliphatic carbocycles. The van der Waals surface area contributed by atoms with Gasteiger partial charge in [0.1, 0.15) is 0 Å². The highest BCUT2D eigenvalue weighted by molar-refractivity contribution is 8.24. The number of hydrogen-bond donors (Lipinski definition) is 3. The van der Waals surface area contributed by atoms with Crippen LogP contribution in [-0.2, 0) is 30.1 Å². The Morgan fingerprint density at radius 2 is 0.848 bits per heavy atom. The van der Waals surface area contributed by atoms with Crippen molar-refractivity contribution in [3.8, 4) is 18.2 Å². The summed E-state index contributed by atoms with van der Waals surface area (Å²) in [5.74, 6) is 0. The van der Waals surface area contributed by atoms with E-state index in [0.717, 1.165) is 6.92 Å². The molecule has 0 amide bonds. The first-order chi connectivity index (χ1) is 15.5. The van der Waals surface area contributed by atoms with Crippen LogP contribution in [-0.4, -0.2) is 48.3 Å². The van der Waals surface area contributed by atoms with Crippen molar-refractivity contribution in [1.29, 1.82) is 15.8 Å². The van der Waals surface area contributed by atoms with Crippen molar-refractivity contribution >= 4 is 30.1 Å². The highest BCUT2D eigenvalue weighted by Gasteiger charge is 2.64. The molecule has 0 radical (unpaired) electrons. The topological polar surface area (TPSA) is 210 Å². The molecule has 0 bridgehead atoms. The predicted octanol–water partition coefficient (Wildman–Crippen LogP) is 0.890. The molecule has 0 fully saturated rings. The second kappa shape index (κ2) is 15.2. The van der Waals surface area contributed by atoms with E-state index in [2.05, 4.69) is 14.2 Å². The van der Waals surface area contributed by atoms with Gasteiger partial charge in [0.15, 0.2) is 0 Å². The van der Waals surface area contributed by atoms with Gasteiger partial charge in [-0.15, -0.1) is 0 Å². The zero-order valence-corrected chi connectivity index (χ0v) is 21.2. The summed E-state index contributed by atoms with van der Waals surface area (Å²) in [6.45, 7) is 0.447. The van der Waals surface area contributed by atoms with Gasteiger partial charge in [0.25, 0.3) is 0 Å². The smallest absolute Gasteiger partial charge is 0.213 e. The Morgan fingerprint density at radius 1 is 0.576 bits per heavy atom. The van der Waals surface area contributed by atoms with Crippen molar-refractivity contribution in [2.24, 2.45) is 0 Å². The summed E-state index contributed by atoms with van der Waals surface area (Å²) >= 11 is 0. The molecular weight excluding hydrogens is 492 g/mol. The molecule has 0 aromatic rings. The third-order valence-corrected chi connectivity index (χ3v) is 13.7. The first kappa shape index (κ1) is 31.2. The predicted molar refractivity (Wildman–Crippen MR) is 122 cm³/mol. The summed E-state index contributed by atoms with van der Waals surface area (Å²) in [6, 6.07) is 5.70. The second-order valence-corrected chi connectivity index (χ2v) is 13.8. The minimum Gasteiger partial charge on any atom is -0.213 e. The Balaban J connectivity index is 6.00. The molecule has 0 unspecified atom stereocenters. The fraction of sp³-hybridized carbons (Fsp3) is 0.833. The average Bonchev–Trinajstić information content (AvgIpc) is 2.73. The van der Waals surface area contributed by atoms with Crippen LogP contribution in [0.15, 0.2) is 0 Å². The van der Waals surface area contributed by atoms with E-state index in [9.17, 15) is 25.3 Å². The Labute approximate surface area is 197 Å². The van der Waals surface area contributed by atoms with E-state index in [1.54, 1.807) is 0 Å². The molecule has 0 saturated heterocycles. The summed E-state index contributed by atoms with van der Waals surface area (Å²) in [7, 11) is -14.9. The molecule has 188 valence electrons. The number of nitriles is 3. The fourth-order valence-electron chi connectivity index (χ4n) is 2.94. The van der Waals surface area contributed by atoms with Crippen LogP contribution in [0.1, 0.15) is 71.1 Å². The van der Waals surface area contributed by atoms with Gasteiger partial charge in [0.2, 0.25) is 30.1 Å². The van der Waals surface area contributed by atoms with Gasteiger partial charge in [0.05, 0.1) is 18.2 Å². The van der Waals surface area contributed by atoms with Crippen molar-refractivity contribution in [2.45, 2.75) is 74.5 Å². The van der Waals surface area contributed by atoms with E-state index in [-0.39, 0.29) is 58.2 Å². The molecule has 0 saturated carbocycles. The molecule has 0 rings (SSSR count). The van der Waals surface area contributed by atoms with E-state index in [0.29, 0.717) is 19.3 Å². The summed E-state index contributed by atoms with van der Waals surface area (Å²) in [4.78, 5) is 0. The van der Waals surface area contributed by atoms with E-state index >= 15 is 0 Å². The maximum atomic E-state index is 13.2. The van der Waals surface area contributed by atoms with Crippen LogP contribution in [0.2, 0.25) is 0 Å². The first-order valence-corrected chi connectivity index (χ1v) is 15.0. The van der Waals surface area contributed by atoms with Crippen LogP contribution in [0, 0.1) is 34.0 Å². The van der Waals surface area contributed by atoms with Crippen LogP contribution < -0.4 is 14.2 Å². The Bertz CT molecular complexity index is 906. The summed E-state index contributed by atoms with van der Waals surface area (Å²) < 4.78 is 82.1. The van der Waals surface area contributed by atoms with Crippen molar-refractivity contribution < 1.29 is 25.3 Å². The first-order valence-electron chi connectivity index (χ1n) is 10.6. The number of rotatable bonds is 19. The van der Waals surface area contributed by atoms with Crippen LogP contribution >= 0.6 is 0 Å². The van der Waals surface area contributed by atoms with E-state index in [4.69, 9.17) is 15.8 Å². The van der Waals surface area contributed by atoms with Gasteiger partial charge in [-0.3, -0.25) is 0 Å². The third-order valence-electron chi connectivity index (χ3n) is 4.68. The monoisotopic (exact) mass is 524 g/mol. The molecule has 12 nitrogen and oxygen atoms in total. The van der Waals surface area contributed by atoms with Crippen molar-refractivity contribution in [3.05, 3.63) is 0 Å². The molecule has 3 N–H and O–H groups in total. The third kappa shape index (κ3) is 8.81. The van der Waals surface area contributed by atoms with Crippen LogP contribution in [0.4, 0.5) is 0 Å². The lowest BCUT2D eigenvalue weighted by molar-refractivity contribution is 0.523. The van der Waals surface area contributed by atoms with Gasteiger partial charge < -0.3 is 0 Å². The van der Waals surface area contributed by atoms with Gasteiger partial charge in [-0.2, -0.15) is 15.8 Å². The van der Waals surface area contributed by atoms with Crippen molar-refractivity contribution in [2.75, 3.05) is 19.6 Å². The molecule has 0 spiro atoms. The summed E-state index contributed by atoms with van der Waals surface area (Å²) in [5, 5.41) is 25.7. The van der Waals surface area contributed by atoms with E-state index in [1.165, 1.54) is 0 Å². The Kier molecular flexibility index (Phi) is 14.3. The molecule has 0 aliphatic heterocycles. The lowest BCUT2D eigenvalue weighted by Gasteiger charge is -2.31. The molecular formula is C18H32N6O6S3. The Hall–Kier alpha value is -1.80.